The van der Waals surface area contributed by atoms with Crippen LogP contribution in [0.4, 0.5) is 0 Å². The normalized spacial score (nSPS) is 12.5. The van der Waals surface area contributed by atoms with Gasteiger partial charge in [-0.25, -0.2) is 0 Å². The van der Waals surface area contributed by atoms with E-state index in [-0.39, 0.29) is 0 Å². The Morgan fingerprint density at radius 2 is 1.26 bits per heavy atom. The van der Waals surface area contributed by atoms with Crippen molar-refractivity contribution in [1.29, 1.82) is 0 Å². The molecule has 158 valence electrons. The zero-order valence-electron chi connectivity index (χ0n) is 17.6. The average molecular weight is 400 g/mol. The summed E-state index contributed by atoms with van der Waals surface area (Å²) in [4.78, 5) is 0. The van der Waals surface area contributed by atoms with Crippen molar-refractivity contribution < 1.29 is 13.0 Å². The fraction of sp³-hybridized carbons (Fsp3) is 0.727. The Balaban J connectivity index is 0.00000153. The Kier molecular flexibility index (Phi) is 15.5. The van der Waals surface area contributed by atoms with E-state index in [1.807, 2.05) is 32.0 Å². The van der Waals surface area contributed by atoms with Gasteiger partial charge in [-0.2, -0.15) is 8.42 Å². The third-order valence-corrected chi connectivity index (χ3v) is 5.58. The molecule has 0 saturated carbocycles. The van der Waals surface area contributed by atoms with Crippen LogP contribution in [-0.4, -0.2) is 19.0 Å². The number of benzene rings is 1. The summed E-state index contributed by atoms with van der Waals surface area (Å²) in [6, 6.07) is 9.35. The molecule has 0 aliphatic heterocycles. The van der Waals surface area contributed by atoms with Gasteiger partial charge in [-0.05, 0) is 18.0 Å². The van der Waals surface area contributed by atoms with E-state index in [9.17, 15) is 13.0 Å². The van der Waals surface area contributed by atoms with Crippen LogP contribution in [-0.2, 0) is 10.1 Å². The van der Waals surface area contributed by atoms with E-state index in [0.717, 1.165) is 19.3 Å². The predicted molar refractivity (Wildman–Crippen MR) is 117 cm³/mol. The highest BCUT2D eigenvalue weighted by molar-refractivity contribution is 7.86. The molecule has 0 aliphatic carbocycles. The van der Waals surface area contributed by atoms with E-state index < -0.39 is 15.4 Å². The molecule has 0 saturated heterocycles. The first-order chi connectivity index (χ1) is 12.8. The average Bonchev–Trinajstić information content (AvgIpc) is 2.59. The molecule has 0 radical (unpaired) electrons. The van der Waals surface area contributed by atoms with Gasteiger partial charge in [-0.1, -0.05) is 115 Å². The molecule has 0 aromatic heterocycles. The topological polar surface area (TPSA) is 80.4 Å². The lowest BCUT2D eigenvalue weighted by molar-refractivity contribution is 0.458. The molecule has 0 bridgehead atoms. The van der Waals surface area contributed by atoms with Crippen LogP contribution in [0.15, 0.2) is 30.3 Å². The van der Waals surface area contributed by atoms with E-state index in [1.54, 1.807) is 12.1 Å². The van der Waals surface area contributed by atoms with Crippen molar-refractivity contribution in [3.05, 3.63) is 35.9 Å². The van der Waals surface area contributed by atoms with Gasteiger partial charge in [0.1, 0.15) is 5.25 Å². The van der Waals surface area contributed by atoms with Gasteiger partial charge >= 0.3 is 0 Å². The molecule has 1 rings (SSSR count). The summed E-state index contributed by atoms with van der Waals surface area (Å²) >= 11 is 0. The third kappa shape index (κ3) is 15.8. The molecule has 1 aromatic carbocycles. The summed E-state index contributed by atoms with van der Waals surface area (Å²) in [5.74, 6) is 0. The van der Waals surface area contributed by atoms with Gasteiger partial charge in [-0.3, -0.25) is 4.55 Å². The molecule has 0 fully saturated rings. The number of hydrogen-bond donors (Lipinski definition) is 2. The van der Waals surface area contributed by atoms with Crippen molar-refractivity contribution in [2.75, 3.05) is 0 Å². The molecule has 3 N–H and O–H groups in total. The minimum atomic E-state index is -4.03. The van der Waals surface area contributed by atoms with Crippen molar-refractivity contribution in [1.82, 2.24) is 0 Å². The van der Waals surface area contributed by atoms with Crippen LogP contribution in [0.1, 0.15) is 102 Å². The first kappa shape index (κ1) is 26.1. The van der Waals surface area contributed by atoms with E-state index >= 15 is 0 Å². The van der Waals surface area contributed by atoms with E-state index in [2.05, 4.69) is 6.92 Å². The van der Waals surface area contributed by atoms with Crippen LogP contribution < -0.4 is 5.73 Å². The Morgan fingerprint density at radius 3 is 1.67 bits per heavy atom. The summed E-state index contributed by atoms with van der Waals surface area (Å²) < 4.78 is 32.6. The first-order valence-electron chi connectivity index (χ1n) is 10.6. The second-order valence-electron chi connectivity index (χ2n) is 7.63. The smallest absolute Gasteiger partial charge is 0.271 e. The lowest BCUT2D eigenvalue weighted by atomic mass is 10.0. The van der Waals surface area contributed by atoms with E-state index in [0.29, 0.717) is 18.0 Å². The van der Waals surface area contributed by atoms with Crippen LogP contribution in [0.2, 0.25) is 0 Å². The van der Waals surface area contributed by atoms with Crippen LogP contribution in [0.25, 0.3) is 0 Å². The molecular formula is C22H41NO3S. The Bertz CT molecular complexity index is 541. The van der Waals surface area contributed by atoms with Crippen molar-refractivity contribution in [3.8, 4) is 0 Å². The third-order valence-electron chi connectivity index (χ3n) is 4.35. The summed E-state index contributed by atoms with van der Waals surface area (Å²) in [6.07, 6.45) is 12.7. The minimum absolute atomic E-state index is 0.333. The molecule has 1 aromatic rings. The first-order valence-corrected chi connectivity index (χ1v) is 12.1. The number of unbranched alkanes of at least 4 members (excludes halogenated alkanes) is 9. The maximum Gasteiger partial charge on any atom is 0.271 e. The van der Waals surface area contributed by atoms with Gasteiger partial charge in [0.2, 0.25) is 0 Å². The highest BCUT2D eigenvalue weighted by atomic mass is 32.2. The molecule has 5 heteroatoms. The summed E-state index contributed by atoms with van der Waals surface area (Å²) in [6.45, 7) is 6.12. The van der Waals surface area contributed by atoms with Crippen molar-refractivity contribution in [3.63, 3.8) is 0 Å². The highest BCUT2D eigenvalue weighted by Gasteiger charge is 2.24. The van der Waals surface area contributed by atoms with Gasteiger partial charge in [0, 0.05) is 0 Å². The predicted octanol–water partition coefficient (Wildman–Crippen LogP) is 6.28. The largest absolute Gasteiger partial charge is 0.328 e. The molecule has 0 heterocycles. The van der Waals surface area contributed by atoms with E-state index in [1.165, 1.54) is 44.9 Å². The maximum atomic E-state index is 11.6. The molecule has 4 nitrogen and oxygen atoms in total. The van der Waals surface area contributed by atoms with Gasteiger partial charge < -0.3 is 5.73 Å². The van der Waals surface area contributed by atoms with Crippen LogP contribution in [0.5, 0.6) is 0 Å². The molecule has 1 atom stereocenters. The van der Waals surface area contributed by atoms with Crippen molar-refractivity contribution in [2.24, 2.45) is 5.73 Å². The molecule has 1 unspecified atom stereocenters. The molecular weight excluding hydrogens is 358 g/mol. The summed E-state index contributed by atoms with van der Waals surface area (Å²) in [5.41, 5.74) is 5.80. The van der Waals surface area contributed by atoms with Gasteiger partial charge in [0.25, 0.3) is 10.1 Å². The monoisotopic (exact) mass is 399 g/mol. The maximum absolute atomic E-state index is 11.6. The summed E-state index contributed by atoms with van der Waals surface area (Å²) in [7, 11) is -4.03. The lowest BCUT2D eigenvalue weighted by Gasteiger charge is -2.14. The highest BCUT2D eigenvalue weighted by Crippen LogP contribution is 2.27. The number of rotatable bonds is 13. The fourth-order valence-electron chi connectivity index (χ4n) is 2.97. The standard InChI is InChI=1S/C19H32O3S.C3H9N/c1-2-3-4-5-6-7-8-9-10-14-17-19(23(20,21)22)18-15-12-11-13-16-18;1-3(2)4/h11-13,15-16,19H,2-10,14,17H2,1H3,(H,20,21,22);3H,4H2,1-2H3. The van der Waals surface area contributed by atoms with Gasteiger partial charge in [0.15, 0.2) is 0 Å². The zero-order valence-corrected chi connectivity index (χ0v) is 18.4. The van der Waals surface area contributed by atoms with Crippen LogP contribution >= 0.6 is 0 Å². The SMILES string of the molecule is CC(C)N.CCCCCCCCCCCCC(c1ccccc1)S(=O)(=O)O. The number of nitrogens with two attached hydrogens (primary N) is 1. The quantitative estimate of drug-likeness (QED) is 0.302. The Hall–Kier alpha value is -0.910. The molecule has 0 spiro atoms. The summed E-state index contributed by atoms with van der Waals surface area (Å²) in [5, 5.41) is -0.780. The molecule has 0 amide bonds. The second-order valence-corrected chi connectivity index (χ2v) is 9.23. The van der Waals surface area contributed by atoms with E-state index in [4.69, 9.17) is 5.73 Å². The van der Waals surface area contributed by atoms with Crippen LogP contribution in [0.3, 0.4) is 0 Å². The van der Waals surface area contributed by atoms with Crippen molar-refractivity contribution >= 4 is 10.1 Å². The van der Waals surface area contributed by atoms with Gasteiger partial charge in [0.05, 0.1) is 0 Å². The fourth-order valence-corrected chi connectivity index (χ4v) is 3.94. The lowest BCUT2D eigenvalue weighted by Crippen LogP contribution is -2.12. The second kappa shape index (κ2) is 16.1. The molecule has 27 heavy (non-hydrogen) atoms. The zero-order chi connectivity index (χ0) is 20.5. The van der Waals surface area contributed by atoms with Crippen LogP contribution in [0, 0.1) is 0 Å². The van der Waals surface area contributed by atoms with Crippen molar-refractivity contribution in [2.45, 2.75) is 103 Å². The Labute approximate surface area is 167 Å². The molecule has 0 aliphatic rings. The van der Waals surface area contributed by atoms with Gasteiger partial charge in [-0.15, -0.1) is 0 Å². The Morgan fingerprint density at radius 1 is 0.852 bits per heavy atom. The number of hydrogen-bond acceptors (Lipinski definition) is 3. The minimum Gasteiger partial charge on any atom is -0.328 e.